The Morgan fingerprint density at radius 3 is 2.36 bits per heavy atom. The van der Waals surface area contributed by atoms with Gasteiger partial charge in [0.2, 0.25) is 0 Å². The van der Waals surface area contributed by atoms with E-state index in [1.165, 1.54) is 29.0 Å². The molecule has 0 aliphatic carbocycles. The van der Waals surface area contributed by atoms with Gasteiger partial charge in [0.1, 0.15) is 23.5 Å². The number of hydrogen-bond acceptors (Lipinski definition) is 4. The number of hydrogen-bond donors (Lipinski definition) is 1. The molecule has 1 aromatic heterocycles. The third kappa shape index (κ3) is 6.06. The Labute approximate surface area is 223 Å². The van der Waals surface area contributed by atoms with E-state index >= 15 is 0 Å². The van der Waals surface area contributed by atoms with Crippen LogP contribution in [-0.4, -0.2) is 40.2 Å². The molecule has 1 N–H and O–H groups in total. The van der Waals surface area contributed by atoms with Crippen molar-refractivity contribution in [2.24, 2.45) is 5.16 Å². The van der Waals surface area contributed by atoms with Crippen molar-refractivity contribution in [2.75, 3.05) is 13.1 Å². The first-order chi connectivity index (χ1) is 16.7. The first-order valence-electron chi connectivity index (χ1n) is 10.9. The molecule has 1 aliphatic rings. The second-order valence-electron chi connectivity index (χ2n) is 8.14. The summed E-state index contributed by atoms with van der Waals surface area (Å²) in [5, 5.41) is 12.5. The Kier molecular flexibility index (Phi) is 9.11. The van der Waals surface area contributed by atoms with Crippen LogP contribution in [0, 0.1) is 17.0 Å². The van der Waals surface area contributed by atoms with Crippen molar-refractivity contribution in [1.29, 1.82) is 5.41 Å². The summed E-state index contributed by atoms with van der Waals surface area (Å²) in [6, 6.07) is 10.8. The summed E-state index contributed by atoms with van der Waals surface area (Å²) in [5.41, 5.74) is 0.313. The van der Waals surface area contributed by atoms with Crippen LogP contribution in [0.2, 0.25) is 10.0 Å². The normalized spacial score (nSPS) is 14.4. The van der Waals surface area contributed by atoms with E-state index in [0.717, 1.165) is 12.1 Å². The van der Waals surface area contributed by atoms with E-state index < -0.39 is 17.2 Å². The third-order valence-corrected chi connectivity index (χ3v) is 6.37. The van der Waals surface area contributed by atoms with Crippen LogP contribution in [0.5, 0.6) is 0 Å². The van der Waals surface area contributed by atoms with E-state index in [1.807, 2.05) is 4.90 Å². The van der Waals surface area contributed by atoms with Crippen molar-refractivity contribution in [3.05, 3.63) is 97.9 Å². The van der Waals surface area contributed by atoms with Gasteiger partial charge < -0.3 is 9.74 Å². The van der Waals surface area contributed by atoms with Gasteiger partial charge in [-0.15, -0.1) is 12.4 Å². The van der Waals surface area contributed by atoms with Gasteiger partial charge in [-0.3, -0.25) is 14.8 Å². The molecule has 36 heavy (non-hydrogen) atoms. The zero-order valence-corrected chi connectivity index (χ0v) is 21.5. The molecule has 3 aromatic rings. The topological polar surface area (TPSA) is 70.7 Å². The Bertz CT molecular complexity index is 1340. The second kappa shape index (κ2) is 11.9. The van der Waals surface area contributed by atoms with E-state index in [9.17, 15) is 13.6 Å². The van der Waals surface area contributed by atoms with Gasteiger partial charge in [0.25, 0.3) is 5.56 Å². The lowest BCUT2D eigenvalue weighted by Crippen LogP contribution is -2.39. The highest BCUT2D eigenvalue weighted by Gasteiger charge is 2.22. The predicted octanol–water partition coefficient (Wildman–Crippen LogP) is 6.07. The van der Waals surface area contributed by atoms with Gasteiger partial charge in [0.15, 0.2) is 0 Å². The minimum absolute atomic E-state index is 0. The van der Waals surface area contributed by atoms with Gasteiger partial charge in [0, 0.05) is 55.4 Å². The zero-order valence-electron chi connectivity index (χ0n) is 19.2. The summed E-state index contributed by atoms with van der Waals surface area (Å²) in [4.78, 5) is 20.4. The molecule has 0 bridgehead atoms. The SMILES string of the molecule is CC(=N)N1CCC(ON=C(c2ccc(=O)n(-c3c(Cl)cccc3Cl)c2)c2ccc(F)cc2F)CC1.Cl. The van der Waals surface area contributed by atoms with Gasteiger partial charge in [-0.25, -0.2) is 8.78 Å². The average molecular weight is 556 g/mol. The molecule has 2 heterocycles. The number of rotatable bonds is 5. The van der Waals surface area contributed by atoms with Crippen LogP contribution in [0.4, 0.5) is 8.78 Å². The summed E-state index contributed by atoms with van der Waals surface area (Å²) < 4.78 is 29.7. The zero-order chi connectivity index (χ0) is 25.1. The molecule has 0 radical (unpaired) electrons. The lowest BCUT2D eigenvalue weighted by molar-refractivity contribution is 0.0232. The smallest absolute Gasteiger partial charge is 0.255 e. The van der Waals surface area contributed by atoms with Crippen LogP contribution in [0.1, 0.15) is 30.9 Å². The lowest BCUT2D eigenvalue weighted by Gasteiger charge is -2.31. The molecule has 1 saturated heterocycles. The van der Waals surface area contributed by atoms with Crippen molar-refractivity contribution in [2.45, 2.75) is 25.9 Å². The van der Waals surface area contributed by atoms with E-state index in [2.05, 4.69) is 5.16 Å². The quantitative estimate of drug-likeness (QED) is 0.236. The highest BCUT2D eigenvalue weighted by molar-refractivity contribution is 6.37. The number of likely N-dealkylation sites (tertiary alicyclic amines) is 1. The minimum Gasteiger partial charge on any atom is -0.392 e. The molecule has 0 spiro atoms. The third-order valence-electron chi connectivity index (χ3n) is 5.76. The van der Waals surface area contributed by atoms with Gasteiger partial charge in [-0.2, -0.15) is 0 Å². The molecule has 1 aliphatic heterocycles. The van der Waals surface area contributed by atoms with Crippen molar-refractivity contribution in [3.8, 4) is 5.69 Å². The van der Waals surface area contributed by atoms with Gasteiger partial charge >= 0.3 is 0 Å². The lowest BCUT2D eigenvalue weighted by atomic mass is 10.0. The van der Waals surface area contributed by atoms with E-state index in [-0.39, 0.29) is 45.5 Å². The number of piperidine rings is 1. The maximum atomic E-state index is 14.8. The molecule has 0 atom stereocenters. The second-order valence-corrected chi connectivity index (χ2v) is 8.95. The monoisotopic (exact) mass is 554 g/mol. The van der Waals surface area contributed by atoms with E-state index in [1.54, 1.807) is 25.1 Å². The van der Waals surface area contributed by atoms with Crippen LogP contribution in [0.25, 0.3) is 5.69 Å². The van der Waals surface area contributed by atoms with Crippen LogP contribution in [-0.2, 0) is 4.84 Å². The number of nitrogens with one attached hydrogen (secondary N) is 1. The molecule has 0 unspecified atom stereocenters. The van der Waals surface area contributed by atoms with Crippen LogP contribution < -0.4 is 5.56 Å². The number of para-hydroxylation sites is 1. The number of oxime groups is 1. The van der Waals surface area contributed by atoms with Gasteiger partial charge in [0.05, 0.1) is 21.6 Å². The Hall–Kier alpha value is -2.94. The maximum absolute atomic E-state index is 14.8. The van der Waals surface area contributed by atoms with Crippen molar-refractivity contribution in [1.82, 2.24) is 9.47 Å². The number of nitrogens with zero attached hydrogens (tertiary/aromatic N) is 3. The molecule has 190 valence electrons. The highest BCUT2D eigenvalue weighted by Crippen LogP contribution is 2.28. The Balaban J connectivity index is 0.00000361. The summed E-state index contributed by atoms with van der Waals surface area (Å²) in [7, 11) is 0. The van der Waals surface area contributed by atoms with E-state index in [0.29, 0.717) is 37.3 Å². The Morgan fingerprint density at radius 2 is 1.75 bits per heavy atom. The van der Waals surface area contributed by atoms with Crippen LogP contribution >= 0.6 is 35.6 Å². The van der Waals surface area contributed by atoms with E-state index in [4.69, 9.17) is 33.4 Å². The first kappa shape index (κ1) is 27.6. The molecule has 11 heteroatoms. The summed E-state index contributed by atoms with van der Waals surface area (Å²) in [6.07, 6.45) is 2.47. The molecule has 0 saturated carbocycles. The molecular formula is C25H23Cl3F2N4O2. The fourth-order valence-electron chi connectivity index (χ4n) is 3.88. The average Bonchev–Trinajstić information content (AvgIpc) is 2.82. The summed E-state index contributed by atoms with van der Waals surface area (Å²) >= 11 is 12.6. The molecule has 2 aromatic carbocycles. The predicted molar refractivity (Wildman–Crippen MR) is 140 cm³/mol. The number of aromatic nitrogens is 1. The first-order valence-corrected chi connectivity index (χ1v) is 11.7. The number of pyridine rings is 1. The van der Waals surface area contributed by atoms with Crippen LogP contribution in [0.3, 0.4) is 0 Å². The Morgan fingerprint density at radius 1 is 1.08 bits per heavy atom. The molecular weight excluding hydrogens is 533 g/mol. The highest BCUT2D eigenvalue weighted by atomic mass is 35.5. The van der Waals surface area contributed by atoms with Gasteiger partial charge in [-0.1, -0.05) is 34.4 Å². The fraction of sp³-hybridized carbons (Fsp3) is 0.240. The molecule has 0 amide bonds. The number of benzene rings is 2. The van der Waals surface area contributed by atoms with Crippen LogP contribution in [0.15, 0.2) is 64.7 Å². The molecule has 6 nitrogen and oxygen atoms in total. The minimum atomic E-state index is -0.824. The molecule has 1 fully saturated rings. The summed E-state index contributed by atoms with van der Waals surface area (Å²) in [5.74, 6) is -1.06. The maximum Gasteiger partial charge on any atom is 0.255 e. The van der Waals surface area contributed by atoms with Gasteiger partial charge in [-0.05, 0) is 37.3 Å². The largest absolute Gasteiger partial charge is 0.392 e. The standard InChI is InChI=1S/C25H22Cl2F2N4O2.ClH/c1-15(30)32-11-9-18(10-12-32)35-31-24(19-7-6-17(28)13-22(19)29)16-5-8-23(34)33(14-16)25-20(26)3-2-4-21(25)27;/h2-8,13-14,18,30H,9-12H2,1H3;1H. The van der Waals surface area contributed by atoms with Crippen molar-refractivity contribution in [3.63, 3.8) is 0 Å². The number of halogens is 5. The fourth-order valence-corrected chi connectivity index (χ4v) is 4.46. The molecule has 4 rings (SSSR count). The van der Waals surface area contributed by atoms with Crippen molar-refractivity contribution < 1.29 is 13.6 Å². The number of amidine groups is 1. The van der Waals surface area contributed by atoms with Crippen molar-refractivity contribution >= 4 is 47.2 Å². The summed E-state index contributed by atoms with van der Waals surface area (Å²) in [6.45, 7) is 3.02.